The minimum absolute atomic E-state index is 0.175. The first-order valence-electron chi connectivity index (χ1n) is 4.60. The largest absolute Gasteiger partial charge is 0.225 e. The molecule has 0 saturated heterocycles. The molecule has 0 spiro atoms. The van der Waals surface area contributed by atoms with Crippen molar-refractivity contribution in [2.75, 3.05) is 0 Å². The maximum absolute atomic E-state index is 5.94. The molecule has 1 aromatic carbocycles. The summed E-state index contributed by atoms with van der Waals surface area (Å²) in [7, 11) is 0. The van der Waals surface area contributed by atoms with Crippen LogP contribution >= 0.6 is 35.0 Å². The minimum Gasteiger partial charge on any atom is -0.225 e. The summed E-state index contributed by atoms with van der Waals surface area (Å²) in [4.78, 5) is 8.63. The standard InChI is InChI=1S/C11H8Cl2N2S/c12-10-9(6-14-11(13)15-10)16-7-8-4-2-1-3-5-8/h1-6H,7H2. The highest BCUT2D eigenvalue weighted by Crippen LogP contribution is 2.28. The van der Waals surface area contributed by atoms with Crippen LogP contribution in [-0.4, -0.2) is 9.97 Å². The maximum atomic E-state index is 5.94. The summed E-state index contributed by atoms with van der Waals surface area (Å²) in [5, 5.41) is 0.579. The second-order valence-electron chi connectivity index (χ2n) is 3.07. The van der Waals surface area contributed by atoms with Crippen molar-refractivity contribution in [2.24, 2.45) is 0 Å². The van der Waals surface area contributed by atoms with Gasteiger partial charge in [0.2, 0.25) is 5.28 Å². The van der Waals surface area contributed by atoms with Crippen LogP contribution in [0.1, 0.15) is 5.56 Å². The predicted molar refractivity (Wildman–Crippen MR) is 68.1 cm³/mol. The molecule has 0 aliphatic heterocycles. The van der Waals surface area contributed by atoms with Gasteiger partial charge in [-0.3, -0.25) is 0 Å². The second kappa shape index (κ2) is 5.53. The lowest BCUT2D eigenvalue weighted by atomic mass is 10.2. The Morgan fingerprint density at radius 1 is 1.12 bits per heavy atom. The van der Waals surface area contributed by atoms with Crippen LogP contribution in [0.5, 0.6) is 0 Å². The van der Waals surface area contributed by atoms with Crippen LogP contribution in [-0.2, 0) is 5.75 Å². The summed E-state index contributed by atoms with van der Waals surface area (Å²) >= 11 is 13.2. The van der Waals surface area contributed by atoms with Crippen LogP contribution in [0, 0.1) is 0 Å². The third-order valence-corrected chi connectivity index (χ3v) is 3.59. The van der Waals surface area contributed by atoms with Crippen LogP contribution in [0.25, 0.3) is 0 Å². The molecule has 1 heterocycles. The van der Waals surface area contributed by atoms with Gasteiger partial charge in [-0.1, -0.05) is 41.9 Å². The minimum atomic E-state index is 0.175. The van der Waals surface area contributed by atoms with Crippen molar-refractivity contribution in [2.45, 2.75) is 10.6 Å². The van der Waals surface area contributed by atoms with Gasteiger partial charge >= 0.3 is 0 Å². The molecule has 0 radical (unpaired) electrons. The summed E-state index contributed by atoms with van der Waals surface area (Å²) in [6.07, 6.45) is 1.64. The molecule has 0 bridgehead atoms. The van der Waals surface area contributed by atoms with Crippen LogP contribution in [0.3, 0.4) is 0 Å². The molecule has 0 saturated carbocycles. The molecule has 2 aromatic rings. The van der Waals surface area contributed by atoms with Crippen molar-refractivity contribution in [1.29, 1.82) is 0 Å². The highest BCUT2D eigenvalue weighted by Gasteiger charge is 2.04. The summed E-state index contributed by atoms with van der Waals surface area (Å²) < 4.78 is 0. The number of aromatic nitrogens is 2. The molecule has 0 unspecified atom stereocenters. The number of halogens is 2. The van der Waals surface area contributed by atoms with Gasteiger partial charge in [0.05, 0.1) is 4.90 Å². The predicted octanol–water partition coefficient (Wildman–Crippen LogP) is 4.08. The summed E-state index contributed by atoms with van der Waals surface area (Å²) in [6.45, 7) is 0. The molecular weight excluding hydrogens is 263 g/mol. The Morgan fingerprint density at radius 3 is 2.56 bits per heavy atom. The van der Waals surface area contributed by atoms with E-state index in [1.165, 1.54) is 5.56 Å². The van der Waals surface area contributed by atoms with Crippen molar-refractivity contribution in [3.63, 3.8) is 0 Å². The number of hydrogen-bond donors (Lipinski definition) is 0. The van der Waals surface area contributed by atoms with E-state index in [9.17, 15) is 0 Å². The van der Waals surface area contributed by atoms with Gasteiger partial charge in [-0.2, -0.15) is 0 Å². The number of hydrogen-bond acceptors (Lipinski definition) is 3. The Balaban J connectivity index is 2.05. The molecule has 1 aromatic heterocycles. The number of nitrogens with zero attached hydrogens (tertiary/aromatic N) is 2. The topological polar surface area (TPSA) is 25.8 Å². The third-order valence-electron chi connectivity index (χ3n) is 1.92. The molecule has 2 rings (SSSR count). The van der Waals surface area contributed by atoms with E-state index in [2.05, 4.69) is 22.1 Å². The van der Waals surface area contributed by atoms with E-state index in [0.717, 1.165) is 10.6 Å². The average molecular weight is 271 g/mol. The SMILES string of the molecule is Clc1ncc(SCc2ccccc2)c(Cl)n1. The highest BCUT2D eigenvalue weighted by molar-refractivity contribution is 7.98. The van der Waals surface area contributed by atoms with Gasteiger partial charge in [-0.15, -0.1) is 11.8 Å². The highest BCUT2D eigenvalue weighted by atomic mass is 35.5. The zero-order valence-corrected chi connectivity index (χ0v) is 10.6. The van der Waals surface area contributed by atoms with Crippen molar-refractivity contribution < 1.29 is 0 Å². The maximum Gasteiger partial charge on any atom is 0.223 e. The first kappa shape index (κ1) is 11.7. The van der Waals surface area contributed by atoms with Gasteiger partial charge in [0.15, 0.2) is 0 Å². The van der Waals surface area contributed by atoms with E-state index < -0.39 is 0 Å². The molecule has 0 fully saturated rings. The van der Waals surface area contributed by atoms with Gasteiger partial charge in [-0.05, 0) is 17.2 Å². The molecule has 0 aliphatic carbocycles. The van der Waals surface area contributed by atoms with Crippen molar-refractivity contribution in [3.05, 3.63) is 52.5 Å². The third kappa shape index (κ3) is 3.11. The fraction of sp³-hybridized carbons (Fsp3) is 0.0909. The summed E-state index contributed by atoms with van der Waals surface area (Å²) in [6, 6.07) is 10.1. The first-order valence-corrected chi connectivity index (χ1v) is 6.34. The summed E-state index contributed by atoms with van der Waals surface area (Å²) in [5.41, 5.74) is 1.23. The molecule has 82 valence electrons. The molecule has 0 amide bonds. The van der Waals surface area contributed by atoms with Gasteiger partial charge in [-0.25, -0.2) is 9.97 Å². The fourth-order valence-corrected chi connectivity index (χ4v) is 2.44. The van der Waals surface area contributed by atoms with Crippen molar-refractivity contribution in [3.8, 4) is 0 Å². The van der Waals surface area contributed by atoms with Gasteiger partial charge in [0, 0.05) is 11.9 Å². The Bertz CT molecular complexity index is 477. The summed E-state index contributed by atoms with van der Waals surface area (Å²) in [5.74, 6) is 0.839. The number of rotatable bonds is 3. The van der Waals surface area contributed by atoms with E-state index in [4.69, 9.17) is 23.2 Å². The van der Waals surface area contributed by atoms with Crippen LogP contribution < -0.4 is 0 Å². The van der Waals surface area contributed by atoms with E-state index in [-0.39, 0.29) is 5.28 Å². The van der Waals surface area contributed by atoms with Gasteiger partial charge in [0.25, 0.3) is 0 Å². The Labute approximate surface area is 108 Å². The molecular formula is C11H8Cl2N2S. The van der Waals surface area contributed by atoms with Crippen LogP contribution in [0.2, 0.25) is 10.4 Å². The molecule has 0 aliphatic rings. The normalized spacial score (nSPS) is 10.4. The van der Waals surface area contributed by atoms with Crippen molar-refractivity contribution in [1.82, 2.24) is 9.97 Å². The Morgan fingerprint density at radius 2 is 1.88 bits per heavy atom. The molecule has 0 atom stereocenters. The van der Waals surface area contributed by atoms with E-state index in [0.29, 0.717) is 5.15 Å². The Hall–Kier alpha value is -0.770. The monoisotopic (exact) mass is 270 g/mol. The zero-order chi connectivity index (χ0) is 11.4. The van der Waals surface area contributed by atoms with E-state index >= 15 is 0 Å². The quantitative estimate of drug-likeness (QED) is 0.478. The molecule has 2 nitrogen and oxygen atoms in total. The van der Waals surface area contributed by atoms with Crippen molar-refractivity contribution >= 4 is 35.0 Å². The zero-order valence-electron chi connectivity index (χ0n) is 8.23. The lowest BCUT2D eigenvalue weighted by Gasteiger charge is -2.03. The second-order valence-corrected chi connectivity index (χ2v) is 4.78. The average Bonchev–Trinajstić information content (AvgIpc) is 2.29. The molecule has 16 heavy (non-hydrogen) atoms. The lowest BCUT2D eigenvalue weighted by Crippen LogP contribution is -1.86. The smallest absolute Gasteiger partial charge is 0.223 e. The van der Waals surface area contributed by atoms with Crippen LogP contribution in [0.15, 0.2) is 41.4 Å². The van der Waals surface area contributed by atoms with Gasteiger partial charge in [0.1, 0.15) is 5.15 Å². The fourth-order valence-electron chi connectivity index (χ4n) is 1.16. The lowest BCUT2D eigenvalue weighted by molar-refractivity contribution is 1.10. The number of thioether (sulfide) groups is 1. The Kier molecular flexibility index (Phi) is 4.04. The van der Waals surface area contributed by atoms with E-state index in [1.54, 1.807) is 18.0 Å². The molecule has 0 N–H and O–H groups in total. The molecule has 5 heteroatoms. The first-order chi connectivity index (χ1) is 7.75. The van der Waals surface area contributed by atoms with E-state index in [1.807, 2.05) is 18.2 Å². The van der Waals surface area contributed by atoms with Gasteiger partial charge < -0.3 is 0 Å². The van der Waals surface area contributed by atoms with Crippen LogP contribution in [0.4, 0.5) is 0 Å². The number of benzene rings is 1.